The number of carbonyl (C=O) groups excluding carboxylic acids is 1. The third kappa shape index (κ3) is 4.51. The van der Waals surface area contributed by atoms with Crippen LogP contribution in [0.5, 0.6) is 0 Å². The number of amides is 1. The van der Waals surface area contributed by atoms with E-state index in [9.17, 15) is 14.9 Å². The van der Waals surface area contributed by atoms with E-state index in [4.69, 9.17) is 5.11 Å². The molecular weight excluding hydrogens is 352 g/mol. The first-order valence-electron chi connectivity index (χ1n) is 8.49. The molecule has 28 heavy (non-hydrogen) atoms. The summed E-state index contributed by atoms with van der Waals surface area (Å²) in [5.74, 6) is -1.69. The molecule has 0 aliphatic carbocycles. The molecule has 0 unspecified atom stereocenters. The number of nitrogens with zero attached hydrogens (tertiary/aromatic N) is 1. The van der Waals surface area contributed by atoms with E-state index >= 15 is 0 Å². The number of rotatable bonds is 5. The Morgan fingerprint density at radius 1 is 0.893 bits per heavy atom. The Morgan fingerprint density at radius 3 is 2.21 bits per heavy atom. The quantitative estimate of drug-likeness (QED) is 0.509. The maximum atomic E-state index is 12.4. The number of nitriles is 1. The van der Waals surface area contributed by atoms with Crippen molar-refractivity contribution >= 4 is 23.6 Å². The van der Waals surface area contributed by atoms with Crippen LogP contribution in [0.4, 0.5) is 5.69 Å². The number of anilines is 1. The molecule has 1 amide bonds. The molecule has 0 aromatic heterocycles. The Kier molecular flexibility index (Phi) is 5.63. The lowest BCUT2D eigenvalue weighted by Crippen LogP contribution is -2.13. The average molecular weight is 368 g/mol. The molecule has 3 aromatic carbocycles. The van der Waals surface area contributed by atoms with Crippen molar-refractivity contribution in [1.29, 1.82) is 5.26 Å². The SMILES string of the molecule is N#CC(=Cc1ccc(-c2ccccc2)cc1)C(=O)Nc1cccc(C(=O)O)c1. The van der Waals surface area contributed by atoms with Crippen LogP contribution in [-0.4, -0.2) is 17.0 Å². The van der Waals surface area contributed by atoms with Crippen molar-refractivity contribution in [3.05, 3.63) is 95.6 Å². The van der Waals surface area contributed by atoms with Crippen molar-refractivity contribution in [2.24, 2.45) is 0 Å². The van der Waals surface area contributed by atoms with E-state index in [0.717, 1.165) is 11.1 Å². The van der Waals surface area contributed by atoms with Gasteiger partial charge in [0.2, 0.25) is 0 Å². The number of hydrogen-bond donors (Lipinski definition) is 2. The first-order valence-corrected chi connectivity index (χ1v) is 8.49. The molecule has 0 radical (unpaired) electrons. The Balaban J connectivity index is 1.78. The highest BCUT2D eigenvalue weighted by Crippen LogP contribution is 2.20. The molecule has 0 saturated heterocycles. The molecule has 2 N–H and O–H groups in total. The van der Waals surface area contributed by atoms with Crippen LogP contribution in [0, 0.1) is 11.3 Å². The van der Waals surface area contributed by atoms with Gasteiger partial charge in [0, 0.05) is 5.69 Å². The molecule has 136 valence electrons. The average Bonchev–Trinajstić information content (AvgIpc) is 2.73. The summed E-state index contributed by atoms with van der Waals surface area (Å²) >= 11 is 0. The van der Waals surface area contributed by atoms with Crippen molar-refractivity contribution in [1.82, 2.24) is 0 Å². The summed E-state index contributed by atoms with van der Waals surface area (Å²) in [5, 5.41) is 20.9. The zero-order valence-electron chi connectivity index (χ0n) is 14.8. The van der Waals surface area contributed by atoms with E-state index in [2.05, 4.69) is 5.32 Å². The zero-order chi connectivity index (χ0) is 19.9. The predicted octanol–water partition coefficient (Wildman–Crippen LogP) is 4.60. The highest BCUT2D eigenvalue weighted by molar-refractivity contribution is 6.10. The highest BCUT2D eigenvalue weighted by atomic mass is 16.4. The summed E-state index contributed by atoms with van der Waals surface area (Å²) in [4.78, 5) is 23.4. The fraction of sp³-hybridized carbons (Fsp3) is 0. The summed E-state index contributed by atoms with van der Waals surface area (Å²) in [6.45, 7) is 0. The zero-order valence-corrected chi connectivity index (χ0v) is 14.8. The van der Waals surface area contributed by atoms with Crippen LogP contribution in [0.3, 0.4) is 0 Å². The molecule has 0 spiro atoms. The van der Waals surface area contributed by atoms with Gasteiger partial charge in [-0.05, 0) is 41.0 Å². The van der Waals surface area contributed by atoms with Crippen molar-refractivity contribution in [3.8, 4) is 17.2 Å². The van der Waals surface area contributed by atoms with Crippen molar-refractivity contribution in [2.45, 2.75) is 0 Å². The van der Waals surface area contributed by atoms with Crippen molar-refractivity contribution in [2.75, 3.05) is 5.32 Å². The summed E-state index contributed by atoms with van der Waals surface area (Å²) < 4.78 is 0. The van der Waals surface area contributed by atoms with Gasteiger partial charge in [0.25, 0.3) is 5.91 Å². The summed E-state index contributed by atoms with van der Waals surface area (Å²) in [7, 11) is 0. The molecule has 0 fully saturated rings. The van der Waals surface area contributed by atoms with E-state index in [0.29, 0.717) is 11.3 Å². The summed E-state index contributed by atoms with van der Waals surface area (Å²) in [6, 6.07) is 25.1. The van der Waals surface area contributed by atoms with Crippen LogP contribution < -0.4 is 5.32 Å². The molecule has 0 aliphatic rings. The van der Waals surface area contributed by atoms with Gasteiger partial charge in [-0.15, -0.1) is 0 Å². The lowest BCUT2D eigenvalue weighted by atomic mass is 10.0. The second-order valence-electron chi connectivity index (χ2n) is 6.00. The van der Waals surface area contributed by atoms with Crippen LogP contribution in [0.25, 0.3) is 17.2 Å². The van der Waals surface area contributed by atoms with Crippen LogP contribution >= 0.6 is 0 Å². The minimum absolute atomic E-state index is 0.0526. The molecule has 0 bridgehead atoms. The second-order valence-corrected chi connectivity index (χ2v) is 6.00. The minimum atomic E-state index is -1.09. The second kappa shape index (κ2) is 8.47. The Bertz CT molecular complexity index is 1080. The molecular formula is C23H16N2O3. The van der Waals surface area contributed by atoms with Gasteiger partial charge >= 0.3 is 5.97 Å². The highest BCUT2D eigenvalue weighted by Gasteiger charge is 2.11. The predicted molar refractivity (Wildman–Crippen MR) is 107 cm³/mol. The first kappa shape index (κ1) is 18.6. The van der Waals surface area contributed by atoms with Crippen LogP contribution in [0.15, 0.2) is 84.4 Å². The van der Waals surface area contributed by atoms with E-state index in [-0.39, 0.29) is 11.1 Å². The number of nitrogens with one attached hydrogen (secondary N) is 1. The number of carbonyl (C=O) groups is 2. The number of carboxylic acids is 1. The van der Waals surface area contributed by atoms with Crippen molar-refractivity contribution in [3.63, 3.8) is 0 Å². The lowest BCUT2D eigenvalue weighted by molar-refractivity contribution is -0.112. The maximum absolute atomic E-state index is 12.4. The number of benzene rings is 3. The molecule has 0 saturated carbocycles. The summed E-state index contributed by atoms with van der Waals surface area (Å²) in [5.41, 5.74) is 3.11. The lowest BCUT2D eigenvalue weighted by Gasteiger charge is -2.06. The van der Waals surface area contributed by atoms with E-state index < -0.39 is 11.9 Å². The van der Waals surface area contributed by atoms with E-state index in [1.165, 1.54) is 24.3 Å². The Hall–Kier alpha value is -4.17. The van der Waals surface area contributed by atoms with Crippen LogP contribution in [0.1, 0.15) is 15.9 Å². The molecule has 3 aromatic rings. The molecule has 0 heterocycles. The normalized spacial score (nSPS) is 10.8. The van der Waals surface area contributed by atoms with Gasteiger partial charge in [-0.3, -0.25) is 4.79 Å². The Labute approximate surface area is 162 Å². The minimum Gasteiger partial charge on any atom is -0.478 e. The topological polar surface area (TPSA) is 90.2 Å². The van der Waals surface area contributed by atoms with Crippen molar-refractivity contribution < 1.29 is 14.7 Å². The number of aromatic carboxylic acids is 1. The fourth-order valence-corrected chi connectivity index (χ4v) is 2.65. The van der Waals surface area contributed by atoms with Crippen LogP contribution in [0.2, 0.25) is 0 Å². The molecule has 0 aliphatic heterocycles. The van der Waals surface area contributed by atoms with Gasteiger partial charge in [0.1, 0.15) is 11.6 Å². The number of carboxylic acid groups (broad SMARTS) is 1. The fourth-order valence-electron chi connectivity index (χ4n) is 2.65. The van der Waals surface area contributed by atoms with Gasteiger partial charge in [-0.2, -0.15) is 5.26 Å². The first-order chi connectivity index (χ1) is 13.6. The van der Waals surface area contributed by atoms with Gasteiger partial charge < -0.3 is 10.4 Å². The maximum Gasteiger partial charge on any atom is 0.335 e. The monoisotopic (exact) mass is 368 g/mol. The van der Waals surface area contributed by atoms with E-state index in [1.54, 1.807) is 6.07 Å². The van der Waals surface area contributed by atoms with Crippen LogP contribution in [-0.2, 0) is 4.79 Å². The number of hydrogen-bond acceptors (Lipinski definition) is 3. The molecule has 0 atom stereocenters. The molecule has 3 rings (SSSR count). The standard InChI is InChI=1S/C23H16N2O3/c24-15-20(22(26)25-21-8-4-7-19(14-21)23(27)28)13-16-9-11-18(12-10-16)17-5-2-1-3-6-17/h1-14H,(H,25,26)(H,27,28). The smallest absolute Gasteiger partial charge is 0.335 e. The largest absolute Gasteiger partial charge is 0.478 e. The third-order valence-electron chi connectivity index (χ3n) is 4.06. The summed E-state index contributed by atoms with van der Waals surface area (Å²) in [6.07, 6.45) is 1.49. The van der Waals surface area contributed by atoms with E-state index in [1.807, 2.05) is 60.7 Å². The third-order valence-corrected chi connectivity index (χ3v) is 4.06. The van der Waals surface area contributed by atoms with Gasteiger partial charge in [0.05, 0.1) is 5.56 Å². The van der Waals surface area contributed by atoms with Gasteiger partial charge in [-0.1, -0.05) is 60.7 Å². The molecule has 5 nitrogen and oxygen atoms in total. The van der Waals surface area contributed by atoms with Gasteiger partial charge in [-0.25, -0.2) is 4.79 Å². The van der Waals surface area contributed by atoms with Gasteiger partial charge in [0.15, 0.2) is 0 Å². The molecule has 5 heteroatoms. The Morgan fingerprint density at radius 2 is 1.57 bits per heavy atom.